The number of aryl methyl sites for hydroxylation is 2. The second-order valence-corrected chi connectivity index (χ2v) is 6.51. The summed E-state index contributed by atoms with van der Waals surface area (Å²) in [7, 11) is 1.57. The quantitative estimate of drug-likeness (QED) is 0.700. The Morgan fingerprint density at radius 1 is 1.25 bits per heavy atom. The first-order valence-electron chi connectivity index (χ1n) is 8.02. The molecule has 0 atom stereocenters. The van der Waals surface area contributed by atoms with Gasteiger partial charge in [0.1, 0.15) is 5.01 Å². The average Bonchev–Trinajstić information content (AvgIpc) is 3.01. The van der Waals surface area contributed by atoms with Gasteiger partial charge in [0.05, 0.1) is 7.11 Å². The van der Waals surface area contributed by atoms with E-state index in [9.17, 15) is 4.79 Å². The molecular formula is C17H23N3O3S. The number of nitrogens with one attached hydrogen (secondary N) is 1. The third-order valence-corrected chi connectivity index (χ3v) is 4.28. The van der Waals surface area contributed by atoms with Crippen LogP contribution in [-0.4, -0.2) is 29.8 Å². The predicted molar refractivity (Wildman–Crippen MR) is 95.0 cm³/mol. The molecule has 130 valence electrons. The number of benzene rings is 1. The van der Waals surface area contributed by atoms with E-state index in [0.29, 0.717) is 16.6 Å². The fraction of sp³-hybridized carbons (Fsp3) is 0.471. The number of amides is 1. The zero-order chi connectivity index (χ0) is 17.4. The lowest BCUT2D eigenvalue weighted by Crippen LogP contribution is -2.20. The van der Waals surface area contributed by atoms with Gasteiger partial charge in [-0.3, -0.25) is 10.1 Å². The van der Waals surface area contributed by atoms with Crippen LogP contribution in [0.2, 0.25) is 0 Å². The number of nitrogens with zero attached hydrogens (tertiary/aromatic N) is 2. The van der Waals surface area contributed by atoms with Crippen LogP contribution >= 0.6 is 11.3 Å². The zero-order valence-corrected chi connectivity index (χ0v) is 15.1. The van der Waals surface area contributed by atoms with Crippen LogP contribution in [0, 0.1) is 6.92 Å². The number of unbranched alkanes of at least 4 members (excludes halogenated alkanes) is 2. The van der Waals surface area contributed by atoms with Gasteiger partial charge in [0.15, 0.2) is 18.1 Å². The Kier molecular flexibility index (Phi) is 6.99. The summed E-state index contributed by atoms with van der Waals surface area (Å²) in [6.45, 7) is 4.02. The molecule has 0 spiro atoms. The maximum atomic E-state index is 12.0. The van der Waals surface area contributed by atoms with Gasteiger partial charge in [-0.05, 0) is 31.0 Å². The van der Waals surface area contributed by atoms with Crippen molar-refractivity contribution in [1.29, 1.82) is 0 Å². The molecule has 0 radical (unpaired) electrons. The number of ether oxygens (including phenoxy) is 2. The molecule has 2 aromatic rings. The van der Waals surface area contributed by atoms with Crippen molar-refractivity contribution in [2.24, 2.45) is 0 Å². The highest BCUT2D eigenvalue weighted by molar-refractivity contribution is 7.15. The Hall–Kier alpha value is -2.15. The van der Waals surface area contributed by atoms with Crippen molar-refractivity contribution in [2.75, 3.05) is 19.0 Å². The molecule has 24 heavy (non-hydrogen) atoms. The number of methoxy groups -OCH3 is 1. The Morgan fingerprint density at radius 3 is 2.83 bits per heavy atom. The first-order chi connectivity index (χ1) is 11.6. The molecule has 1 amide bonds. The minimum Gasteiger partial charge on any atom is -0.493 e. The number of anilines is 1. The molecule has 0 saturated carbocycles. The number of hydrogen-bond donors (Lipinski definition) is 1. The summed E-state index contributed by atoms with van der Waals surface area (Å²) in [5, 5.41) is 12.2. The van der Waals surface area contributed by atoms with E-state index in [-0.39, 0.29) is 12.5 Å². The van der Waals surface area contributed by atoms with Crippen LogP contribution in [0.1, 0.15) is 36.8 Å². The molecule has 1 aromatic carbocycles. The van der Waals surface area contributed by atoms with Crippen molar-refractivity contribution < 1.29 is 14.3 Å². The van der Waals surface area contributed by atoms with E-state index >= 15 is 0 Å². The van der Waals surface area contributed by atoms with Gasteiger partial charge in [0.2, 0.25) is 5.13 Å². The van der Waals surface area contributed by atoms with Crippen molar-refractivity contribution in [2.45, 2.75) is 39.5 Å². The summed E-state index contributed by atoms with van der Waals surface area (Å²) in [6, 6.07) is 5.56. The zero-order valence-electron chi connectivity index (χ0n) is 14.3. The van der Waals surface area contributed by atoms with Crippen LogP contribution in [0.5, 0.6) is 11.5 Å². The van der Waals surface area contributed by atoms with E-state index < -0.39 is 0 Å². The molecule has 1 N–H and O–H groups in total. The fourth-order valence-corrected chi connectivity index (χ4v) is 2.92. The van der Waals surface area contributed by atoms with Gasteiger partial charge in [-0.25, -0.2) is 0 Å². The minimum atomic E-state index is -0.270. The summed E-state index contributed by atoms with van der Waals surface area (Å²) < 4.78 is 10.8. The van der Waals surface area contributed by atoms with E-state index in [1.807, 2.05) is 19.1 Å². The highest BCUT2D eigenvalue weighted by Crippen LogP contribution is 2.27. The first kappa shape index (κ1) is 18.2. The molecule has 2 rings (SSSR count). The normalized spacial score (nSPS) is 10.5. The first-order valence-corrected chi connectivity index (χ1v) is 8.83. The van der Waals surface area contributed by atoms with Crippen LogP contribution in [-0.2, 0) is 11.2 Å². The summed E-state index contributed by atoms with van der Waals surface area (Å²) >= 11 is 1.41. The lowest BCUT2D eigenvalue weighted by Gasteiger charge is -2.10. The van der Waals surface area contributed by atoms with Crippen molar-refractivity contribution >= 4 is 22.4 Å². The van der Waals surface area contributed by atoms with Gasteiger partial charge in [-0.2, -0.15) is 0 Å². The van der Waals surface area contributed by atoms with Crippen LogP contribution < -0.4 is 14.8 Å². The van der Waals surface area contributed by atoms with Gasteiger partial charge < -0.3 is 9.47 Å². The molecule has 0 aliphatic carbocycles. The summed E-state index contributed by atoms with van der Waals surface area (Å²) in [6.07, 6.45) is 4.34. The maximum absolute atomic E-state index is 12.0. The van der Waals surface area contributed by atoms with Crippen molar-refractivity contribution in [3.8, 4) is 11.5 Å². The van der Waals surface area contributed by atoms with E-state index in [1.165, 1.54) is 24.2 Å². The molecule has 0 aliphatic rings. The van der Waals surface area contributed by atoms with Gasteiger partial charge in [-0.15, -0.1) is 10.2 Å². The smallest absolute Gasteiger partial charge is 0.264 e. The van der Waals surface area contributed by atoms with Gasteiger partial charge in [0.25, 0.3) is 5.91 Å². The number of hydrogen-bond acceptors (Lipinski definition) is 6. The molecule has 0 bridgehead atoms. The third-order valence-electron chi connectivity index (χ3n) is 3.39. The maximum Gasteiger partial charge on any atom is 0.264 e. The summed E-state index contributed by atoms with van der Waals surface area (Å²) in [5.41, 5.74) is 1.06. The number of carbonyl (C=O) groups excluding carboxylic acids is 1. The standard InChI is InChI=1S/C17H23N3O3S/c1-4-5-6-7-16-19-20-17(24-16)18-15(21)11-23-13-9-8-12(2)10-14(13)22-3/h8-10H,4-7,11H2,1-3H3,(H,18,20,21). The second-order valence-electron chi connectivity index (χ2n) is 5.45. The monoisotopic (exact) mass is 349 g/mol. The highest BCUT2D eigenvalue weighted by Gasteiger charge is 2.11. The lowest BCUT2D eigenvalue weighted by molar-refractivity contribution is -0.118. The Balaban J connectivity index is 1.83. The van der Waals surface area contributed by atoms with Crippen molar-refractivity contribution in [1.82, 2.24) is 10.2 Å². The SMILES string of the molecule is CCCCCc1nnc(NC(=O)COc2ccc(C)cc2OC)s1. The van der Waals surface area contributed by atoms with Gasteiger partial charge in [-0.1, -0.05) is 37.2 Å². The van der Waals surface area contributed by atoms with Gasteiger partial charge >= 0.3 is 0 Å². The molecule has 0 aliphatic heterocycles. The van der Waals surface area contributed by atoms with Crippen LogP contribution in [0.3, 0.4) is 0 Å². The minimum absolute atomic E-state index is 0.107. The third kappa shape index (κ3) is 5.49. The highest BCUT2D eigenvalue weighted by atomic mass is 32.1. The average molecular weight is 349 g/mol. The molecule has 1 heterocycles. The van der Waals surface area contributed by atoms with Crippen molar-refractivity contribution in [3.63, 3.8) is 0 Å². The number of aromatic nitrogens is 2. The molecule has 6 nitrogen and oxygen atoms in total. The lowest BCUT2D eigenvalue weighted by atomic mass is 10.2. The van der Waals surface area contributed by atoms with Crippen LogP contribution in [0.15, 0.2) is 18.2 Å². The Labute approximate surface area is 146 Å². The van der Waals surface area contributed by atoms with E-state index in [2.05, 4.69) is 22.4 Å². The molecule has 0 fully saturated rings. The molecule has 0 saturated heterocycles. The number of rotatable bonds is 9. The van der Waals surface area contributed by atoms with Gasteiger partial charge in [0, 0.05) is 6.42 Å². The topological polar surface area (TPSA) is 73.3 Å². The van der Waals surface area contributed by atoms with E-state index in [4.69, 9.17) is 9.47 Å². The van der Waals surface area contributed by atoms with E-state index in [0.717, 1.165) is 23.4 Å². The fourth-order valence-electron chi connectivity index (χ4n) is 2.12. The number of carbonyl (C=O) groups is 1. The Bertz CT molecular complexity index is 673. The second kappa shape index (κ2) is 9.22. The molecular weight excluding hydrogens is 326 g/mol. The predicted octanol–water partition coefficient (Wildman–Crippen LogP) is 3.61. The van der Waals surface area contributed by atoms with Crippen LogP contribution in [0.25, 0.3) is 0 Å². The Morgan fingerprint density at radius 2 is 2.08 bits per heavy atom. The molecule has 1 aromatic heterocycles. The van der Waals surface area contributed by atoms with Crippen molar-refractivity contribution in [3.05, 3.63) is 28.8 Å². The molecule has 0 unspecified atom stereocenters. The summed E-state index contributed by atoms with van der Waals surface area (Å²) in [5.74, 6) is 0.876. The molecule has 7 heteroatoms. The summed E-state index contributed by atoms with van der Waals surface area (Å²) in [4.78, 5) is 12.0. The largest absolute Gasteiger partial charge is 0.493 e. The van der Waals surface area contributed by atoms with E-state index in [1.54, 1.807) is 13.2 Å². The van der Waals surface area contributed by atoms with Crippen LogP contribution in [0.4, 0.5) is 5.13 Å².